The number of halogens is 2. The summed E-state index contributed by atoms with van der Waals surface area (Å²) < 4.78 is 19.0. The van der Waals surface area contributed by atoms with Crippen LogP contribution in [-0.2, 0) is 0 Å². The Bertz CT molecular complexity index is 763. The molecule has 7 heteroatoms. The summed E-state index contributed by atoms with van der Waals surface area (Å²) in [7, 11) is 1.52. The van der Waals surface area contributed by atoms with Crippen LogP contribution in [0.3, 0.4) is 0 Å². The first-order chi connectivity index (χ1) is 12.0. The van der Waals surface area contributed by atoms with Crippen molar-refractivity contribution in [2.75, 3.05) is 7.11 Å². The predicted octanol–water partition coefficient (Wildman–Crippen LogP) is 3.12. The number of aromatic nitrogens is 1. The molecule has 0 radical (unpaired) electrons. The van der Waals surface area contributed by atoms with Crippen molar-refractivity contribution in [3.8, 4) is 5.88 Å². The molecule has 1 aromatic carbocycles. The van der Waals surface area contributed by atoms with Gasteiger partial charge in [-0.05, 0) is 42.5 Å². The summed E-state index contributed by atoms with van der Waals surface area (Å²) in [5, 5.41) is 12.7. The number of hydrogen-bond donors (Lipinski definition) is 2. The number of benzene rings is 1. The van der Waals surface area contributed by atoms with Gasteiger partial charge in [0, 0.05) is 17.3 Å². The van der Waals surface area contributed by atoms with Crippen molar-refractivity contribution in [3.05, 3.63) is 58.5 Å². The number of carbonyl (C=O) groups is 1. The maximum Gasteiger partial charge on any atom is 0.254 e. The van der Waals surface area contributed by atoms with Crippen molar-refractivity contribution in [1.29, 1.82) is 0 Å². The van der Waals surface area contributed by atoms with E-state index in [0.717, 1.165) is 11.6 Å². The van der Waals surface area contributed by atoms with Gasteiger partial charge in [0.05, 0.1) is 24.8 Å². The van der Waals surface area contributed by atoms with Crippen molar-refractivity contribution in [3.63, 3.8) is 0 Å². The molecule has 5 nitrogen and oxygen atoms in total. The fourth-order valence-electron chi connectivity index (χ4n) is 2.96. The Morgan fingerprint density at radius 3 is 2.76 bits per heavy atom. The highest BCUT2D eigenvalue weighted by Gasteiger charge is 2.36. The number of nitrogens with zero attached hydrogens (tertiary/aromatic N) is 1. The lowest BCUT2D eigenvalue weighted by Gasteiger charge is -2.38. The van der Waals surface area contributed by atoms with Crippen molar-refractivity contribution >= 4 is 17.5 Å². The number of amides is 1. The van der Waals surface area contributed by atoms with E-state index in [4.69, 9.17) is 16.3 Å². The fourth-order valence-corrected chi connectivity index (χ4v) is 3.13. The molecule has 0 saturated heterocycles. The number of aliphatic hydroxyl groups is 1. The number of aliphatic hydroxyl groups excluding tert-OH is 1. The van der Waals surface area contributed by atoms with E-state index in [1.807, 2.05) is 0 Å². The van der Waals surface area contributed by atoms with Gasteiger partial charge in [0.2, 0.25) is 5.88 Å². The van der Waals surface area contributed by atoms with Crippen LogP contribution in [0.25, 0.3) is 0 Å². The summed E-state index contributed by atoms with van der Waals surface area (Å²) in [5.74, 6) is -0.677. The molecule has 1 aromatic heterocycles. The summed E-state index contributed by atoms with van der Waals surface area (Å²) in [6, 6.07) is 6.97. The van der Waals surface area contributed by atoms with E-state index < -0.39 is 11.7 Å². The first kappa shape index (κ1) is 17.6. The Labute approximate surface area is 149 Å². The second-order valence-corrected chi connectivity index (χ2v) is 6.53. The lowest BCUT2D eigenvalue weighted by Crippen LogP contribution is -2.41. The van der Waals surface area contributed by atoms with Crippen LogP contribution in [0.1, 0.15) is 34.8 Å². The van der Waals surface area contributed by atoms with Gasteiger partial charge in [-0.2, -0.15) is 0 Å². The van der Waals surface area contributed by atoms with E-state index in [1.54, 1.807) is 18.3 Å². The van der Waals surface area contributed by atoms with E-state index in [1.165, 1.54) is 19.2 Å². The minimum Gasteiger partial charge on any atom is -0.481 e. The van der Waals surface area contributed by atoms with Gasteiger partial charge >= 0.3 is 0 Å². The first-order valence-electron chi connectivity index (χ1n) is 7.92. The van der Waals surface area contributed by atoms with Crippen LogP contribution in [-0.4, -0.2) is 29.2 Å². The second-order valence-electron chi connectivity index (χ2n) is 6.09. The third-order valence-corrected chi connectivity index (χ3v) is 4.64. The van der Waals surface area contributed by atoms with Gasteiger partial charge in [0.25, 0.3) is 5.91 Å². The lowest BCUT2D eigenvalue weighted by molar-refractivity contribution is 0.0234. The zero-order valence-electron chi connectivity index (χ0n) is 13.6. The van der Waals surface area contributed by atoms with Crippen molar-refractivity contribution in [1.82, 2.24) is 10.3 Å². The van der Waals surface area contributed by atoms with Crippen molar-refractivity contribution in [2.24, 2.45) is 5.92 Å². The highest BCUT2D eigenvalue weighted by molar-refractivity contribution is 6.31. The molecule has 0 bridgehead atoms. The molecule has 0 spiro atoms. The number of ether oxygens (including phenoxy) is 1. The molecule has 1 aliphatic carbocycles. The largest absolute Gasteiger partial charge is 0.481 e. The van der Waals surface area contributed by atoms with Crippen LogP contribution < -0.4 is 10.1 Å². The summed E-state index contributed by atoms with van der Waals surface area (Å²) in [4.78, 5) is 16.7. The average Bonchev–Trinajstić information content (AvgIpc) is 2.59. The van der Waals surface area contributed by atoms with Gasteiger partial charge in [0.15, 0.2) is 0 Å². The van der Waals surface area contributed by atoms with Crippen LogP contribution in [0.4, 0.5) is 4.39 Å². The van der Waals surface area contributed by atoms with Gasteiger partial charge in [-0.3, -0.25) is 4.79 Å². The third kappa shape index (κ3) is 3.91. The molecule has 3 rings (SSSR count). The molecule has 1 heterocycles. The van der Waals surface area contributed by atoms with Gasteiger partial charge in [-0.25, -0.2) is 9.37 Å². The van der Waals surface area contributed by atoms with Gasteiger partial charge in [0.1, 0.15) is 5.82 Å². The fraction of sp³-hybridized carbons (Fsp3) is 0.333. The molecule has 0 unspecified atom stereocenters. The van der Waals surface area contributed by atoms with Crippen molar-refractivity contribution in [2.45, 2.75) is 25.0 Å². The van der Waals surface area contributed by atoms with E-state index in [9.17, 15) is 14.3 Å². The molecule has 2 N–H and O–H groups in total. The summed E-state index contributed by atoms with van der Waals surface area (Å²) >= 11 is 5.86. The molecule has 1 atom stereocenters. The number of nitrogens with one attached hydrogen (secondary N) is 1. The van der Waals surface area contributed by atoms with E-state index >= 15 is 0 Å². The molecule has 1 saturated carbocycles. The lowest BCUT2D eigenvalue weighted by atomic mass is 9.75. The normalized spacial score (nSPS) is 20.5. The summed E-state index contributed by atoms with van der Waals surface area (Å²) in [6.07, 6.45) is 2.37. The summed E-state index contributed by atoms with van der Waals surface area (Å²) in [6.45, 7) is 0. The van der Waals surface area contributed by atoms with Crippen LogP contribution >= 0.6 is 11.6 Å². The van der Waals surface area contributed by atoms with Crippen LogP contribution in [0.5, 0.6) is 5.88 Å². The quantitative estimate of drug-likeness (QED) is 0.855. The highest BCUT2D eigenvalue weighted by Crippen LogP contribution is 2.38. The standard InChI is InChI=1S/C18H18ClFN2O3/c1-25-16-5-2-10(9-21-16)17(11-6-13(23)7-11)22-18(24)14-8-12(19)3-4-15(14)20/h2-5,8-9,11,13,17,23H,6-7H2,1H3,(H,22,24)/t11?,13?,17-/m0/s1. The third-order valence-electron chi connectivity index (χ3n) is 4.41. The maximum absolute atomic E-state index is 13.9. The topological polar surface area (TPSA) is 71.5 Å². The maximum atomic E-state index is 13.9. The monoisotopic (exact) mass is 364 g/mol. The Kier molecular flexibility index (Phi) is 5.20. The molecular formula is C18H18ClFN2O3. The zero-order chi connectivity index (χ0) is 18.0. The number of pyridine rings is 1. The minimum atomic E-state index is -0.637. The van der Waals surface area contributed by atoms with Crippen molar-refractivity contribution < 1.29 is 19.0 Å². The Balaban J connectivity index is 1.84. The molecule has 0 aliphatic heterocycles. The SMILES string of the molecule is COc1ccc([C@H](NC(=O)c2cc(Cl)ccc2F)C2CC(O)C2)cn1. The van der Waals surface area contributed by atoms with Crippen LogP contribution in [0.2, 0.25) is 5.02 Å². The molecule has 1 fully saturated rings. The summed E-state index contributed by atoms with van der Waals surface area (Å²) in [5.41, 5.74) is 0.660. The zero-order valence-corrected chi connectivity index (χ0v) is 14.3. The van der Waals surface area contributed by atoms with Gasteiger partial charge in [-0.1, -0.05) is 17.7 Å². The predicted molar refractivity (Wildman–Crippen MR) is 91.1 cm³/mol. The highest BCUT2D eigenvalue weighted by atomic mass is 35.5. The van der Waals surface area contributed by atoms with E-state index in [0.29, 0.717) is 18.7 Å². The van der Waals surface area contributed by atoms with Crippen LogP contribution in [0, 0.1) is 11.7 Å². The molecule has 25 heavy (non-hydrogen) atoms. The number of rotatable bonds is 5. The molecular weight excluding hydrogens is 347 g/mol. The molecule has 1 amide bonds. The Hall–Kier alpha value is -2.18. The average molecular weight is 365 g/mol. The van der Waals surface area contributed by atoms with E-state index in [2.05, 4.69) is 10.3 Å². The number of carbonyl (C=O) groups excluding carboxylic acids is 1. The van der Waals surface area contributed by atoms with E-state index in [-0.39, 0.29) is 28.6 Å². The minimum absolute atomic E-state index is 0.0522. The molecule has 132 valence electrons. The number of methoxy groups -OCH3 is 1. The molecule has 2 aromatic rings. The number of hydrogen-bond acceptors (Lipinski definition) is 4. The second kappa shape index (κ2) is 7.37. The van der Waals surface area contributed by atoms with Gasteiger partial charge in [-0.15, -0.1) is 0 Å². The molecule has 1 aliphatic rings. The Morgan fingerprint density at radius 1 is 1.40 bits per heavy atom. The Morgan fingerprint density at radius 2 is 2.16 bits per heavy atom. The van der Waals surface area contributed by atoms with Crippen LogP contribution in [0.15, 0.2) is 36.5 Å². The van der Waals surface area contributed by atoms with Gasteiger partial charge < -0.3 is 15.2 Å². The smallest absolute Gasteiger partial charge is 0.254 e. The first-order valence-corrected chi connectivity index (χ1v) is 8.29.